The molecule has 0 fully saturated rings. The summed E-state index contributed by atoms with van der Waals surface area (Å²) in [6, 6.07) is -0.385. The van der Waals surface area contributed by atoms with Crippen LogP contribution in [-0.4, -0.2) is 38.1 Å². The lowest BCUT2D eigenvalue weighted by atomic mass is 10.2. The van der Waals surface area contributed by atoms with Crippen molar-refractivity contribution in [3.8, 4) is 0 Å². The smallest absolute Gasteiger partial charge is 0.242 e. The zero-order chi connectivity index (χ0) is 14.7. The van der Waals surface area contributed by atoms with Gasteiger partial charge in [-0.15, -0.1) is 10.2 Å². The van der Waals surface area contributed by atoms with Crippen LogP contribution in [0.15, 0.2) is 12.4 Å². The third kappa shape index (κ3) is 3.04. The van der Waals surface area contributed by atoms with E-state index in [4.69, 9.17) is 0 Å². The van der Waals surface area contributed by atoms with Gasteiger partial charge in [0.15, 0.2) is 5.82 Å². The molecule has 7 nitrogen and oxygen atoms in total. The number of fused-ring (bicyclic) bond motifs is 1. The standard InChI is InChI=1S/C13H20N6O/c1-8(2)7-15-13(20)9(3)16-11-12-18-17-10(4)19(12)6-5-14-11/h5-6,8-9H,7H2,1-4H3,(H,14,16)(H,15,20). The molecule has 0 aliphatic rings. The highest BCUT2D eigenvalue weighted by Gasteiger charge is 2.16. The summed E-state index contributed by atoms with van der Waals surface area (Å²) >= 11 is 0. The normalized spacial score (nSPS) is 12.7. The molecule has 2 rings (SSSR count). The van der Waals surface area contributed by atoms with Crippen LogP contribution in [-0.2, 0) is 4.79 Å². The number of anilines is 1. The summed E-state index contributed by atoms with van der Waals surface area (Å²) in [5.41, 5.74) is 0.619. The van der Waals surface area contributed by atoms with Crippen LogP contribution < -0.4 is 10.6 Å². The predicted octanol–water partition coefficient (Wildman–Crippen LogP) is 1.01. The van der Waals surface area contributed by atoms with Crippen molar-refractivity contribution in [1.29, 1.82) is 0 Å². The van der Waals surface area contributed by atoms with Crippen LogP contribution in [0, 0.1) is 12.8 Å². The predicted molar refractivity (Wildman–Crippen MR) is 76.5 cm³/mol. The van der Waals surface area contributed by atoms with E-state index in [0.29, 0.717) is 23.9 Å². The Labute approximate surface area is 117 Å². The van der Waals surface area contributed by atoms with E-state index in [1.54, 1.807) is 19.3 Å². The fourth-order valence-electron chi connectivity index (χ4n) is 1.77. The summed E-state index contributed by atoms with van der Waals surface area (Å²) < 4.78 is 1.83. The minimum atomic E-state index is -0.385. The number of amides is 1. The molecule has 0 bridgehead atoms. The van der Waals surface area contributed by atoms with E-state index in [1.807, 2.05) is 11.3 Å². The average Bonchev–Trinajstić information content (AvgIpc) is 2.79. The van der Waals surface area contributed by atoms with E-state index < -0.39 is 0 Å². The number of carbonyl (C=O) groups is 1. The molecule has 1 amide bonds. The van der Waals surface area contributed by atoms with Gasteiger partial charge in [-0.3, -0.25) is 9.20 Å². The molecule has 20 heavy (non-hydrogen) atoms. The van der Waals surface area contributed by atoms with Crippen LogP contribution in [0.2, 0.25) is 0 Å². The Balaban J connectivity index is 2.10. The largest absolute Gasteiger partial charge is 0.355 e. The van der Waals surface area contributed by atoms with Gasteiger partial charge in [-0.05, 0) is 19.8 Å². The summed E-state index contributed by atoms with van der Waals surface area (Å²) in [4.78, 5) is 16.2. The van der Waals surface area contributed by atoms with Crippen molar-refractivity contribution in [1.82, 2.24) is 24.9 Å². The number of rotatable bonds is 5. The fraction of sp³-hybridized carbons (Fsp3) is 0.538. The highest BCUT2D eigenvalue weighted by Crippen LogP contribution is 2.12. The Bertz CT molecular complexity index is 606. The van der Waals surface area contributed by atoms with Gasteiger partial charge in [-0.1, -0.05) is 13.8 Å². The lowest BCUT2D eigenvalue weighted by Gasteiger charge is -2.15. The molecule has 0 aliphatic carbocycles. The lowest BCUT2D eigenvalue weighted by Crippen LogP contribution is -2.39. The first-order valence-corrected chi connectivity index (χ1v) is 6.69. The van der Waals surface area contributed by atoms with Crippen molar-refractivity contribution in [3.05, 3.63) is 18.2 Å². The summed E-state index contributed by atoms with van der Waals surface area (Å²) in [5.74, 6) is 1.70. The second-order valence-electron chi connectivity index (χ2n) is 5.22. The van der Waals surface area contributed by atoms with E-state index in [9.17, 15) is 4.79 Å². The van der Waals surface area contributed by atoms with Gasteiger partial charge in [0.05, 0.1) is 0 Å². The molecule has 7 heteroatoms. The Morgan fingerprint density at radius 3 is 2.80 bits per heavy atom. The maximum absolute atomic E-state index is 11.9. The third-order valence-electron chi connectivity index (χ3n) is 2.93. The van der Waals surface area contributed by atoms with Gasteiger partial charge in [-0.25, -0.2) is 4.98 Å². The molecule has 0 aliphatic heterocycles. The Hall–Kier alpha value is -2.18. The fourth-order valence-corrected chi connectivity index (χ4v) is 1.77. The van der Waals surface area contributed by atoms with Crippen molar-refractivity contribution in [3.63, 3.8) is 0 Å². The third-order valence-corrected chi connectivity index (χ3v) is 2.93. The molecule has 0 aromatic carbocycles. The van der Waals surface area contributed by atoms with E-state index in [-0.39, 0.29) is 11.9 Å². The highest BCUT2D eigenvalue weighted by molar-refractivity contribution is 5.84. The zero-order valence-corrected chi connectivity index (χ0v) is 12.2. The van der Waals surface area contributed by atoms with Crippen molar-refractivity contribution in [2.24, 2.45) is 5.92 Å². The van der Waals surface area contributed by atoms with Crippen LogP contribution in [0.25, 0.3) is 5.65 Å². The van der Waals surface area contributed by atoms with Crippen LogP contribution in [0.1, 0.15) is 26.6 Å². The summed E-state index contributed by atoms with van der Waals surface area (Å²) in [5, 5.41) is 14.0. The van der Waals surface area contributed by atoms with Gasteiger partial charge in [0.25, 0.3) is 0 Å². The number of hydrogen-bond acceptors (Lipinski definition) is 5. The van der Waals surface area contributed by atoms with Gasteiger partial charge in [-0.2, -0.15) is 0 Å². The average molecular weight is 276 g/mol. The monoisotopic (exact) mass is 276 g/mol. The molecule has 0 saturated heterocycles. The van der Waals surface area contributed by atoms with Crippen LogP contribution in [0.4, 0.5) is 5.82 Å². The van der Waals surface area contributed by atoms with E-state index in [0.717, 1.165) is 5.82 Å². The van der Waals surface area contributed by atoms with Gasteiger partial charge < -0.3 is 10.6 Å². The Morgan fingerprint density at radius 2 is 2.10 bits per heavy atom. The second kappa shape index (κ2) is 5.85. The molecule has 2 N–H and O–H groups in total. The number of nitrogens with one attached hydrogen (secondary N) is 2. The molecule has 108 valence electrons. The molecule has 1 atom stereocenters. The molecular formula is C13H20N6O. The molecule has 0 spiro atoms. The first kappa shape index (κ1) is 14.2. The summed E-state index contributed by atoms with van der Waals surface area (Å²) in [7, 11) is 0. The number of aryl methyl sites for hydroxylation is 1. The molecule has 2 heterocycles. The highest BCUT2D eigenvalue weighted by atomic mass is 16.2. The molecular weight excluding hydrogens is 256 g/mol. The maximum atomic E-state index is 11.9. The quantitative estimate of drug-likeness (QED) is 0.851. The minimum absolute atomic E-state index is 0.0567. The Kier molecular flexibility index (Phi) is 4.16. The number of hydrogen-bond donors (Lipinski definition) is 2. The van der Waals surface area contributed by atoms with Crippen molar-refractivity contribution in [2.75, 3.05) is 11.9 Å². The van der Waals surface area contributed by atoms with Gasteiger partial charge in [0, 0.05) is 18.9 Å². The van der Waals surface area contributed by atoms with E-state index >= 15 is 0 Å². The zero-order valence-electron chi connectivity index (χ0n) is 12.2. The molecule has 2 aromatic rings. The van der Waals surface area contributed by atoms with Gasteiger partial charge >= 0.3 is 0 Å². The van der Waals surface area contributed by atoms with Crippen LogP contribution in [0.3, 0.4) is 0 Å². The summed E-state index contributed by atoms with van der Waals surface area (Å²) in [6.45, 7) is 8.43. The van der Waals surface area contributed by atoms with Crippen molar-refractivity contribution < 1.29 is 4.79 Å². The maximum Gasteiger partial charge on any atom is 0.242 e. The topological polar surface area (TPSA) is 84.2 Å². The minimum Gasteiger partial charge on any atom is -0.355 e. The van der Waals surface area contributed by atoms with Gasteiger partial charge in [0.1, 0.15) is 11.9 Å². The first-order valence-electron chi connectivity index (χ1n) is 6.69. The molecule has 2 aromatic heterocycles. The SMILES string of the molecule is Cc1nnc2c(NC(C)C(=O)NCC(C)C)nccn12. The van der Waals surface area contributed by atoms with Gasteiger partial charge in [0.2, 0.25) is 11.6 Å². The summed E-state index contributed by atoms with van der Waals surface area (Å²) in [6.07, 6.45) is 3.45. The van der Waals surface area contributed by atoms with E-state index in [1.165, 1.54) is 0 Å². The second-order valence-corrected chi connectivity index (χ2v) is 5.22. The van der Waals surface area contributed by atoms with Crippen molar-refractivity contribution >= 4 is 17.4 Å². The van der Waals surface area contributed by atoms with E-state index in [2.05, 4.69) is 39.7 Å². The number of carbonyl (C=O) groups excluding carboxylic acids is 1. The molecule has 1 unspecified atom stereocenters. The Morgan fingerprint density at radius 1 is 1.35 bits per heavy atom. The number of nitrogens with zero attached hydrogens (tertiary/aromatic N) is 4. The number of aromatic nitrogens is 4. The van der Waals surface area contributed by atoms with Crippen LogP contribution >= 0.6 is 0 Å². The van der Waals surface area contributed by atoms with Crippen LogP contribution in [0.5, 0.6) is 0 Å². The molecule has 0 saturated carbocycles. The first-order chi connectivity index (χ1) is 9.49. The lowest BCUT2D eigenvalue weighted by molar-refractivity contribution is -0.121. The molecule has 0 radical (unpaired) electrons. The van der Waals surface area contributed by atoms with Crippen molar-refractivity contribution in [2.45, 2.75) is 33.7 Å².